The first-order chi connectivity index (χ1) is 11.7. The lowest BCUT2D eigenvalue weighted by Crippen LogP contribution is -2.37. The van der Waals surface area contributed by atoms with Gasteiger partial charge in [-0.1, -0.05) is 18.2 Å². The molecule has 0 atom stereocenters. The van der Waals surface area contributed by atoms with Crippen LogP contribution in [0.4, 0.5) is 0 Å². The predicted molar refractivity (Wildman–Crippen MR) is 89.4 cm³/mol. The number of rotatable bonds is 4. The van der Waals surface area contributed by atoms with E-state index in [2.05, 4.69) is 5.10 Å². The van der Waals surface area contributed by atoms with Gasteiger partial charge in [-0.25, -0.2) is 9.48 Å². The molecule has 1 aromatic carbocycles. The molecule has 24 heavy (non-hydrogen) atoms. The van der Waals surface area contributed by atoms with E-state index in [1.54, 1.807) is 16.5 Å². The number of amides is 1. The van der Waals surface area contributed by atoms with Crippen LogP contribution >= 0.6 is 11.6 Å². The number of hydrogen-bond acceptors (Lipinski definition) is 4. The van der Waals surface area contributed by atoms with E-state index in [1.165, 1.54) is 0 Å². The molecule has 3 rings (SSSR count). The van der Waals surface area contributed by atoms with Crippen molar-refractivity contribution in [2.75, 3.05) is 19.0 Å². The van der Waals surface area contributed by atoms with Crippen LogP contribution in [0.2, 0.25) is 0 Å². The van der Waals surface area contributed by atoms with Gasteiger partial charge in [0.15, 0.2) is 5.69 Å². The van der Waals surface area contributed by atoms with E-state index in [0.29, 0.717) is 19.5 Å². The molecule has 0 saturated heterocycles. The summed E-state index contributed by atoms with van der Waals surface area (Å²) in [4.78, 5) is 25.8. The number of para-hydroxylation sites is 1. The van der Waals surface area contributed by atoms with Crippen molar-refractivity contribution < 1.29 is 14.3 Å². The highest BCUT2D eigenvalue weighted by molar-refractivity contribution is 6.27. The maximum absolute atomic E-state index is 12.3. The van der Waals surface area contributed by atoms with Crippen molar-refractivity contribution in [3.05, 3.63) is 47.3 Å². The van der Waals surface area contributed by atoms with Gasteiger partial charge >= 0.3 is 5.97 Å². The van der Waals surface area contributed by atoms with Crippen molar-refractivity contribution in [3.63, 3.8) is 0 Å². The fourth-order valence-electron chi connectivity index (χ4n) is 2.86. The Labute approximate surface area is 145 Å². The third-order valence-electron chi connectivity index (χ3n) is 3.99. The molecule has 0 bridgehead atoms. The first-order valence-corrected chi connectivity index (χ1v) is 8.36. The molecule has 1 aliphatic rings. The Morgan fingerprint density at radius 2 is 2.04 bits per heavy atom. The summed E-state index contributed by atoms with van der Waals surface area (Å²) in [6.45, 7) is 2.90. The monoisotopic (exact) mass is 347 g/mol. The van der Waals surface area contributed by atoms with E-state index in [9.17, 15) is 9.59 Å². The summed E-state index contributed by atoms with van der Waals surface area (Å²) in [6, 6.07) is 9.61. The zero-order valence-electron chi connectivity index (χ0n) is 13.4. The molecule has 1 aromatic heterocycles. The van der Waals surface area contributed by atoms with Crippen molar-refractivity contribution in [2.45, 2.75) is 19.9 Å². The number of fused-ring (bicyclic) bond motifs is 1. The second-order valence-electron chi connectivity index (χ2n) is 5.44. The largest absolute Gasteiger partial charge is 0.461 e. The van der Waals surface area contributed by atoms with Crippen LogP contribution in [-0.2, 0) is 22.5 Å². The quantitative estimate of drug-likeness (QED) is 0.628. The van der Waals surface area contributed by atoms with Crippen LogP contribution in [-0.4, -0.2) is 45.6 Å². The van der Waals surface area contributed by atoms with Crippen LogP contribution in [0.3, 0.4) is 0 Å². The SMILES string of the molecule is CCOC(=O)c1nn(-c2ccccc2)c2c1CN(C(=O)CCl)CC2. The molecular weight excluding hydrogens is 330 g/mol. The van der Waals surface area contributed by atoms with Gasteiger partial charge in [-0.2, -0.15) is 5.10 Å². The normalized spacial score (nSPS) is 13.5. The second-order valence-corrected chi connectivity index (χ2v) is 5.71. The van der Waals surface area contributed by atoms with E-state index in [1.807, 2.05) is 30.3 Å². The summed E-state index contributed by atoms with van der Waals surface area (Å²) in [5.41, 5.74) is 2.81. The fraction of sp³-hybridized carbons (Fsp3) is 0.353. The number of esters is 1. The number of halogens is 1. The van der Waals surface area contributed by atoms with Crippen LogP contribution in [0.1, 0.15) is 28.7 Å². The minimum atomic E-state index is -0.469. The topological polar surface area (TPSA) is 64.4 Å². The highest BCUT2D eigenvalue weighted by Gasteiger charge is 2.30. The van der Waals surface area contributed by atoms with Gasteiger partial charge in [-0.05, 0) is 19.1 Å². The van der Waals surface area contributed by atoms with Crippen molar-refractivity contribution in [2.24, 2.45) is 0 Å². The molecule has 1 amide bonds. The standard InChI is InChI=1S/C17H18ClN3O3/c1-2-24-17(23)16-13-11-20(15(22)10-18)9-8-14(13)21(19-16)12-6-4-3-5-7-12/h3-7H,2,8-11H2,1H3. The molecule has 7 heteroatoms. The molecule has 0 spiro atoms. The number of alkyl halides is 1. The third-order valence-corrected chi connectivity index (χ3v) is 4.22. The van der Waals surface area contributed by atoms with Gasteiger partial charge < -0.3 is 9.64 Å². The molecular formula is C17H18ClN3O3. The number of carbonyl (C=O) groups is 2. The van der Waals surface area contributed by atoms with Gasteiger partial charge in [-0.3, -0.25) is 4.79 Å². The number of aromatic nitrogens is 2. The van der Waals surface area contributed by atoms with E-state index in [-0.39, 0.29) is 24.1 Å². The van der Waals surface area contributed by atoms with Gasteiger partial charge in [0, 0.05) is 25.1 Å². The van der Waals surface area contributed by atoms with Crippen molar-refractivity contribution in [1.82, 2.24) is 14.7 Å². The molecule has 126 valence electrons. The number of benzene rings is 1. The lowest BCUT2D eigenvalue weighted by molar-refractivity contribution is -0.129. The smallest absolute Gasteiger partial charge is 0.359 e. The van der Waals surface area contributed by atoms with Crippen LogP contribution in [0.15, 0.2) is 30.3 Å². The predicted octanol–water partition coefficient (Wildman–Crippen LogP) is 2.17. The van der Waals surface area contributed by atoms with Gasteiger partial charge in [0.1, 0.15) is 5.88 Å². The number of carbonyl (C=O) groups excluding carboxylic acids is 2. The van der Waals surface area contributed by atoms with E-state index >= 15 is 0 Å². The Balaban J connectivity index is 2.05. The first kappa shape index (κ1) is 16.5. The second kappa shape index (κ2) is 7.05. The molecule has 2 heterocycles. The summed E-state index contributed by atoms with van der Waals surface area (Å²) >= 11 is 5.66. The Bertz CT molecular complexity index is 758. The molecule has 0 radical (unpaired) electrons. The number of nitrogens with zero attached hydrogens (tertiary/aromatic N) is 3. The number of hydrogen-bond donors (Lipinski definition) is 0. The van der Waals surface area contributed by atoms with Gasteiger partial charge in [-0.15, -0.1) is 11.6 Å². The van der Waals surface area contributed by atoms with E-state index in [4.69, 9.17) is 16.3 Å². The summed E-state index contributed by atoms with van der Waals surface area (Å²) < 4.78 is 6.89. The molecule has 1 aliphatic heterocycles. The van der Waals surface area contributed by atoms with Crippen LogP contribution in [0.5, 0.6) is 0 Å². The van der Waals surface area contributed by atoms with Crippen molar-refractivity contribution >= 4 is 23.5 Å². The maximum atomic E-state index is 12.3. The molecule has 6 nitrogen and oxygen atoms in total. The Morgan fingerprint density at radius 1 is 1.29 bits per heavy atom. The molecule has 0 unspecified atom stereocenters. The average Bonchev–Trinajstić information content (AvgIpc) is 3.01. The fourth-order valence-corrected chi connectivity index (χ4v) is 3.03. The zero-order chi connectivity index (χ0) is 17.1. The highest BCUT2D eigenvalue weighted by atomic mass is 35.5. The van der Waals surface area contributed by atoms with Crippen LogP contribution in [0.25, 0.3) is 5.69 Å². The minimum Gasteiger partial charge on any atom is -0.461 e. The first-order valence-electron chi connectivity index (χ1n) is 7.82. The highest BCUT2D eigenvalue weighted by Crippen LogP contribution is 2.26. The lowest BCUT2D eigenvalue weighted by Gasteiger charge is -2.27. The summed E-state index contributed by atoms with van der Waals surface area (Å²) in [6.07, 6.45) is 0.610. The van der Waals surface area contributed by atoms with Crippen LogP contribution < -0.4 is 0 Å². The lowest BCUT2D eigenvalue weighted by atomic mass is 10.0. The van der Waals surface area contributed by atoms with Crippen molar-refractivity contribution in [3.8, 4) is 5.69 Å². The third kappa shape index (κ3) is 3.01. The molecule has 2 aromatic rings. The Kier molecular flexibility index (Phi) is 4.85. The van der Waals surface area contributed by atoms with E-state index in [0.717, 1.165) is 16.9 Å². The molecule has 0 fully saturated rings. The van der Waals surface area contributed by atoms with E-state index < -0.39 is 5.97 Å². The molecule has 0 saturated carbocycles. The van der Waals surface area contributed by atoms with Gasteiger partial charge in [0.05, 0.1) is 18.0 Å². The molecule has 0 aliphatic carbocycles. The summed E-state index contributed by atoms with van der Waals surface area (Å²) in [7, 11) is 0. The van der Waals surface area contributed by atoms with Crippen LogP contribution in [0, 0.1) is 0 Å². The van der Waals surface area contributed by atoms with Gasteiger partial charge in [0.2, 0.25) is 5.91 Å². The Morgan fingerprint density at radius 3 is 2.71 bits per heavy atom. The summed E-state index contributed by atoms with van der Waals surface area (Å²) in [5, 5.41) is 4.47. The number of ether oxygens (including phenoxy) is 1. The summed E-state index contributed by atoms with van der Waals surface area (Å²) in [5.74, 6) is -0.690. The molecule has 0 N–H and O–H groups in total. The Hall–Kier alpha value is -2.34. The zero-order valence-corrected chi connectivity index (χ0v) is 14.1. The average molecular weight is 348 g/mol. The maximum Gasteiger partial charge on any atom is 0.359 e. The minimum absolute atomic E-state index is 0.0725. The van der Waals surface area contributed by atoms with Gasteiger partial charge in [0.25, 0.3) is 0 Å². The van der Waals surface area contributed by atoms with Crippen molar-refractivity contribution in [1.29, 1.82) is 0 Å².